The van der Waals surface area contributed by atoms with Crippen molar-refractivity contribution in [3.63, 3.8) is 0 Å². The van der Waals surface area contributed by atoms with Crippen LogP contribution in [0.3, 0.4) is 0 Å². The van der Waals surface area contributed by atoms with Crippen molar-refractivity contribution >= 4 is 11.8 Å². The van der Waals surface area contributed by atoms with Crippen LogP contribution in [0.1, 0.15) is 23.4 Å². The van der Waals surface area contributed by atoms with Crippen molar-refractivity contribution in [2.75, 3.05) is 5.75 Å². The Morgan fingerprint density at radius 1 is 1.54 bits per heavy atom. The predicted octanol–water partition coefficient (Wildman–Crippen LogP) is 2.15. The number of hydrogen-bond acceptors (Lipinski definition) is 2. The summed E-state index contributed by atoms with van der Waals surface area (Å²) < 4.78 is 26.6. The van der Waals surface area contributed by atoms with Crippen LogP contribution < -0.4 is 0 Å². The van der Waals surface area contributed by atoms with Gasteiger partial charge in [-0.15, -0.1) is 0 Å². The van der Waals surface area contributed by atoms with Crippen LogP contribution in [0.4, 0.5) is 8.78 Å². The number of fused-ring (bicyclic) bond motifs is 1. The zero-order chi connectivity index (χ0) is 9.42. The summed E-state index contributed by atoms with van der Waals surface area (Å²) in [6, 6.07) is 0. The molecule has 0 aliphatic carbocycles. The summed E-state index contributed by atoms with van der Waals surface area (Å²) in [7, 11) is 1.74. The molecule has 0 bridgehead atoms. The normalized spacial score (nSPS) is 16.3. The first kappa shape index (κ1) is 8.99. The second kappa shape index (κ2) is 3.29. The van der Waals surface area contributed by atoms with Crippen molar-refractivity contribution in [2.45, 2.75) is 18.6 Å². The molecular formula is C8H10F2N2S. The van der Waals surface area contributed by atoms with Crippen molar-refractivity contribution in [1.82, 2.24) is 9.78 Å². The van der Waals surface area contributed by atoms with E-state index in [1.54, 1.807) is 23.5 Å². The van der Waals surface area contributed by atoms with Crippen LogP contribution in [-0.4, -0.2) is 15.5 Å². The summed E-state index contributed by atoms with van der Waals surface area (Å²) in [5.41, 5.74) is 1.72. The zero-order valence-electron chi connectivity index (χ0n) is 7.26. The molecule has 1 aromatic heterocycles. The van der Waals surface area contributed by atoms with Gasteiger partial charge in [0, 0.05) is 24.1 Å². The Hall–Kier alpha value is -0.580. The van der Waals surface area contributed by atoms with Gasteiger partial charge in [0.1, 0.15) is 5.69 Å². The van der Waals surface area contributed by atoms with Gasteiger partial charge in [-0.2, -0.15) is 16.9 Å². The molecule has 2 heterocycles. The minimum Gasteiger partial charge on any atom is -0.272 e. The monoisotopic (exact) mass is 204 g/mol. The molecule has 0 saturated heterocycles. The SMILES string of the molecule is Cn1nc(C(F)F)c2c1CCSC2. The molecule has 0 atom stereocenters. The number of aryl methyl sites for hydroxylation is 1. The second-order valence-electron chi connectivity index (χ2n) is 3.04. The van der Waals surface area contributed by atoms with Gasteiger partial charge in [-0.25, -0.2) is 8.78 Å². The highest BCUT2D eigenvalue weighted by Crippen LogP contribution is 2.31. The zero-order valence-corrected chi connectivity index (χ0v) is 8.07. The molecule has 5 heteroatoms. The van der Waals surface area contributed by atoms with E-state index in [-0.39, 0.29) is 5.69 Å². The molecule has 1 aromatic rings. The molecule has 0 aromatic carbocycles. The van der Waals surface area contributed by atoms with E-state index in [1.807, 2.05) is 0 Å². The Morgan fingerprint density at radius 3 is 3.00 bits per heavy atom. The molecule has 72 valence electrons. The van der Waals surface area contributed by atoms with Gasteiger partial charge in [-0.1, -0.05) is 0 Å². The van der Waals surface area contributed by atoms with Crippen LogP contribution in [-0.2, 0) is 19.2 Å². The molecular weight excluding hydrogens is 194 g/mol. The average Bonchev–Trinajstić information content (AvgIpc) is 2.45. The van der Waals surface area contributed by atoms with Crippen LogP contribution in [0.5, 0.6) is 0 Å². The number of hydrogen-bond donors (Lipinski definition) is 0. The highest BCUT2D eigenvalue weighted by atomic mass is 32.2. The van der Waals surface area contributed by atoms with E-state index in [1.165, 1.54) is 0 Å². The Kier molecular flexibility index (Phi) is 2.27. The summed E-state index contributed by atoms with van der Waals surface area (Å²) in [5, 5.41) is 3.85. The summed E-state index contributed by atoms with van der Waals surface area (Å²) in [6.07, 6.45) is -1.58. The fourth-order valence-electron chi connectivity index (χ4n) is 1.61. The van der Waals surface area contributed by atoms with Crippen LogP contribution in [0, 0.1) is 0 Å². The van der Waals surface area contributed by atoms with E-state index in [4.69, 9.17) is 0 Å². The average molecular weight is 204 g/mol. The van der Waals surface area contributed by atoms with Gasteiger partial charge in [0.05, 0.1) is 0 Å². The van der Waals surface area contributed by atoms with E-state index in [9.17, 15) is 8.78 Å². The van der Waals surface area contributed by atoms with Gasteiger partial charge >= 0.3 is 0 Å². The minimum atomic E-state index is -2.44. The van der Waals surface area contributed by atoms with E-state index in [2.05, 4.69) is 5.10 Å². The number of rotatable bonds is 1. The molecule has 1 aliphatic rings. The molecule has 0 spiro atoms. The van der Waals surface area contributed by atoms with Crippen molar-refractivity contribution in [3.8, 4) is 0 Å². The third kappa shape index (κ3) is 1.45. The number of halogens is 2. The Labute approximate surface area is 79.3 Å². The van der Waals surface area contributed by atoms with E-state index < -0.39 is 6.43 Å². The van der Waals surface area contributed by atoms with Crippen molar-refractivity contribution < 1.29 is 8.78 Å². The third-order valence-corrected chi connectivity index (χ3v) is 3.23. The smallest absolute Gasteiger partial charge is 0.272 e. The summed E-state index contributed by atoms with van der Waals surface area (Å²) in [5.74, 6) is 1.69. The molecule has 0 fully saturated rings. The van der Waals surface area contributed by atoms with Gasteiger partial charge in [-0.3, -0.25) is 4.68 Å². The van der Waals surface area contributed by atoms with Crippen LogP contribution >= 0.6 is 11.8 Å². The topological polar surface area (TPSA) is 17.8 Å². The lowest BCUT2D eigenvalue weighted by Crippen LogP contribution is -2.06. The lowest BCUT2D eigenvalue weighted by atomic mass is 10.1. The van der Waals surface area contributed by atoms with Gasteiger partial charge in [0.25, 0.3) is 6.43 Å². The molecule has 2 rings (SSSR count). The van der Waals surface area contributed by atoms with Crippen LogP contribution in [0.15, 0.2) is 0 Å². The molecule has 0 radical (unpaired) electrons. The first-order chi connectivity index (χ1) is 6.20. The van der Waals surface area contributed by atoms with Crippen molar-refractivity contribution in [1.29, 1.82) is 0 Å². The molecule has 0 saturated carbocycles. The highest BCUT2D eigenvalue weighted by Gasteiger charge is 2.24. The Morgan fingerprint density at radius 2 is 2.31 bits per heavy atom. The Bertz CT molecular complexity index is 322. The third-order valence-electron chi connectivity index (χ3n) is 2.24. The van der Waals surface area contributed by atoms with Gasteiger partial charge in [0.2, 0.25) is 0 Å². The van der Waals surface area contributed by atoms with E-state index in [0.29, 0.717) is 5.75 Å². The molecule has 1 aliphatic heterocycles. The van der Waals surface area contributed by atoms with E-state index >= 15 is 0 Å². The largest absolute Gasteiger partial charge is 0.282 e. The molecule has 0 unspecified atom stereocenters. The Balaban J connectivity index is 2.47. The molecule has 2 nitrogen and oxygen atoms in total. The number of thioether (sulfide) groups is 1. The first-order valence-electron chi connectivity index (χ1n) is 4.10. The second-order valence-corrected chi connectivity index (χ2v) is 4.14. The quantitative estimate of drug-likeness (QED) is 0.697. The lowest BCUT2D eigenvalue weighted by Gasteiger charge is -2.11. The van der Waals surface area contributed by atoms with Gasteiger partial charge in [-0.05, 0) is 12.2 Å². The summed E-state index contributed by atoms with van der Waals surface area (Å²) in [4.78, 5) is 0. The molecule has 13 heavy (non-hydrogen) atoms. The van der Waals surface area contributed by atoms with Crippen molar-refractivity contribution in [2.24, 2.45) is 7.05 Å². The molecule has 0 N–H and O–H groups in total. The highest BCUT2D eigenvalue weighted by molar-refractivity contribution is 7.98. The van der Waals surface area contributed by atoms with Gasteiger partial charge in [0.15, 0.2) is 0 Å². The minimum absolute atomic E-state index is 0.0234. The standard InChI is InChI=1S/C8H10F2N2S/c1-12-6-2-3-13-4-5(6)7(11-12)8(9)10/h8H,2-4H2,1H3. The lowest BCUT2D eigenvalue weighted by molar-refractivity contribution is 0.144. The maximum atomic E-state index is 12.5. The molecule has 0 amide bonds. The van der Waals surface area contributed by atoms with Crippen LogP contribution in [0.25, 0.3) is 0 Å². The number of aromatic nitrogens is 2. The summed E-state index contributed by atoms with van der Waals surface area (Å²) >= 11 is 1.70. The maximum absolute atomic E-state index is 12.5. The fourth-order valence-corrected chi connectivity index (χ4v) is 2.61. The summed E-state index contributed by atoms with van der Waals surface area (Å²) in [6.45, 7) is 0. The fraction of sp³-hybridized carbons (Fsp3) is 0.625. The van der Waals surface area contributed by atoms with Crippen molar-refractivity contribution in [3.05, 3.63) is 17.0 Å². The maximum Gasteiger partial charge on any atom is 0.282 e. The number of nitrogens with zero attached hydrogens (tertiary/aromatic N) is 2. The van der Waals surface area contributed by atoms with Crippen LogP contribution in [0.2, 0.25) is 0 Å². The van der Waals surface area contributed by atoms with E-state index in [0.717, 1.165) is 23.4 Å². The van der Waals surface area contributed by atoms with Gasteiger partial charge < -0.3 is 0 Å². The number of alkyl halides is 2. The predicted molar refractivity (Wildman–Crippen MR) is 48.0 cm³/mol. The first-order valence-corrected chi connectivity index (χ1v) is 5.26.